The number of carbonyl (C=O) groups excluding carboxylic acids is 1. The summed E-state index contributed by atoms with van der Waals surface area (Å²) >= 11 is 0. The lowest BCUT2D eigenvalue weighted by Gasteiger charge is -2.29. The van der Waals surface area contributed by atoms with Crippen LogP contribution in [0.1, 0.15) is 35.2 Å². The Morgan fingerprint density at radius 1 is 1.00 bits per heavy atom. The summed E-state index contributed by atoms with van der Waals surface area (Å²) in [5, 5.41) is 7.31. The maximum atomic E-state index is 12.6. The highest BCUT2D eigenvalue weighted by atomic mass is 16.1. The van der Waals surface area contributed by atoms with Gasteiger partial charge in [0.25, 0.3) is 5.91 Å². The second kappa shape index (κ2) is 8.08. The molecule has 0 spiro atoms. The Morgan fingerprint density at radius 3 is 2.63 bits per heavy atom. The van der Waals surface area contributed by atoms with Gasteiger partial charge in [0, 0.05) is 30.7 Å². The predicted molar refractivity (Wildman–Crippen MR) is 108 cm³/mol. The molecule has 2 aromatic carbocycles. The molecule has 5 heteroatoms. The van der Waals surface area contributed by atoms with Crippen LogP contribution in [0, 0.1) is 0 Å². The SMILES string of the molecule is O=C(Nc1cccc(N2CCCCC2)c1)c1cnn(Cc2ccccc2)c1. The van der Waals surface area contributed by atoms with E-state index in [9.17, 15) is 4.79 Å². The standard InChI is InChI=1S/C22H24N4O/c27-22(19-15-23-26(17-19)16-18-8-3-1-4-9-18)24-20-10-7-11-21(14-20)25-12-5-2-6-13-25/h1,3-4,7-11,14-15,17H,2,5-6,12-13,16H2,(H,24,27). The van der Waals surface area contributed by atoms with Crippen LogP contribution >= 0.6 is 0 Å². The van der Waals surface area contributed by atoms with Gasteiger partial charge in [0.05, 0.1) is 18.3 Å². The molecule has 1 aliphatic rings. The molecule has 2 heterocycles. The van der Waals surface area contributed by atoms with E-state index >= 15 is 0 Å². The molecule has 1 aromatic heterocycles. The molecule has 0 aliphatic carbocycles. The highest BCUT2D eigenvalue weighted by Gasteiger charge is 2.13. The molecule has 138 valence electrons. The highest BCUT2D eigenvalue weighted by molar-refractivity contribution is 6.04. The van der Waals surface area contributed by atoms with E-state index in [1.807, 2.05) is 42.5 Å². The molecule has 4 rings (SSSR count). The van der Waals surface area contributed by atoms with E-state index in [1.54, 1.807) is 17.1 Å². The third-order valence-electron chi connectivity index (χ3n) is 4.91. The lowest BCUT2D eigenvalue weighted by Crippen LogP contribution is -2.29. The molecule has 0 atom stereocenters. The van der Waals surface area contributed by atoms with Crippen molar-refractivity contribution in [3.8, 4) is 0 Å². The zero-order valence-corrected chi connectivity index (χ0v) is 15.3. The minimum Gasteiger partial charge on any atom is -0.371 e. The first-order chi connectivity index (χ1) is 13.3. The fraction of sp³-hybridized carbons (Fsp3) is 0.273. The molecule has 5 nitrogen and oxygen atoms in total. The van der Waals surface area contributed by atoms with Crippen molar-refractivity contribution in [2.45, 2.75) is 25.8 Å². The topological polar surface area (TPSA) is 50.2 Å². The quantitative estimate of drug-likeness (QED) is 0.743. The number of piperidine rings is 1. The van der Waals surface area contributed by atoms with Crippen LogP contribution in [0.3, 0.4) is 0 Å². The lowest BCUT2D eigenvalue weighted by atomic mass is 10.1. The third kappa shape index (κ3) is 4.37. The summed E-state index contributed by atoms with van der Waals surface area (Å²) in [6.45, 7) is 2.83. The number of nitrogens with zero attached hydrogens (tertiary/aromatic N) is 3. The fourth-order valence-electron chi connectivity index (χ4n) is 3.47. The van der Waals surface area contributed by atoms with E-state index in [1.165, 1.54) is 24.9 Å². The van der Waals surface area contributed by atoms with Gasteiger partial charge in [-0.05, 0) is 43.0 Å². The van der Waals surface area contributed by atoms with Crippen molar-refractivity contribution in [3.63, 3.8) is 0 Å². The van der Waals surface area contributed by atoms with E-state index in [0.717, 1.165) is 24.3 Å². The van der Waals surface area contributed by atoms with E-state index in [4.69, 9.17) is 0 Å². The molecular formula is C22H24N4O. The van der Waals surface area contributed by atoms with Crippen LogP contribution in [-0.2, 0) is 6.54 Å². The lowest BCUT2D eigenvalue weighted by molar-refractivity contribution is 0.102. The Balaban J connectivity index is 1.42. The van der Waals surface area contributed by atoms with E-state index in [2.05, 4.69) is 27.4 Å². The Kier molecular flexibility index (Phi) is 5.19. The molecule has 27 heavy (non-hydrogen) atoms. The molecule has 0 unspecified atom stereocenters. The van der Waals surface area contributed by atoms with E-state index in [0.29, 0.717) is 12.1 Å². The third-order valence-corrected chi connectivity index (χ3v) is 4.91. The van der Waals surface area contributed by atoms with Gasteiger partial charge in [-0.1, -0.05) is 36.4 Å². The Morgan fingerprint density at radius 2 is 1.81 bits per heavy atom. The van der Waals surface area contributed by atoms with Crippen LogP contribution < -0.4 is 10.2 Å². The maximum absolute atomic E-state index is 12.6. The summed E-state index contributed by atoms with van der Waals surface area (Å²) in [4.78, 5) is 15.0. The first-order valence-corrected chi connectivity index (χ1v) is 9.51. The number of anilines is 2. The monoisotopic (exact) mass is 360 g/mol. The van der Waals surface area contributed by atoms with Gasteiger partial charge in [-0.3, -0.25) is 9.48 Å². The van der Waals surface area contributed by atoms with Crippen molar-refractivity contribution < 1.29 is 4.79 Å². The molecule has 3 aromatic rings. The first-order valence-electron chi connectivity index (χ1n) is 9.51. The van der Waals surface area contributed by atoms with Gasteiger partial charge in [0.2, 0.25) is 0 Å². The Hall–Kier alpha value is -3.08. The Bertz CT molecular complexity index is 897. The number of nitrogens with one attached hydrogen (secondary N) is 1. The van der Waals surface area contributed by atoms with Crippen molar-refractivity contribution >= 4 is 17.3 Å². The van der Waals surface area contributed by atoms with Gasteiger partial charge in [0.1, 0.15) is 0 Å². The van der Waals surface area contributed by atoms with Crippen molar-refractivity contribution in [2.75, 3.05) is 23.3 Å². The van der Waals surface area contributed by atoms with E-state index < -0.39 is 0 Å². The molecule has 0 radical (unpaired) electrons. The molecule has 1 fully saturated rings. The summed E-state index contributed by atoms with van der Waals surface area (Å²) in [6.07, 6.45) is 7.18. The van der Waals surface area contributed by atoms with Crippen LogP contribution in [0.2, 0.25) is 0 Å². The van der Waals surface area contributed by atoms with Crippen molar-refractivity contribution in [2.24, 2.45) is 0 Å². The summed E-state index contributed by atoms with van der Waals surface area (Å²) in [5.74, 6) is -0.134. The highest BCUT2D eigenvalue weighted by Crippen LogP contribution is 2.23. The molecule has 1 saturated heterocycles. The van der Waals surface area contributed by atoms with Crippen LogP contribution in [0.15, 0.2) is 67.0 Å². The fourth-order valence-corrected chi connectivity index (χ4v) is 3.47. The largest absolute Gasteiger partial charge is 0.371 e. The number of benzene rings is 2. The molecular weight excluding hydrogens is 336 g/mol. The van der Waals surface area contributed by atoms with Gasteiger partial charge in [-0.25, -0.2) is 0 Å². The number of hydrogen-bond acceptors (Lipinski definition) is 3. The van der Waals surface area contributed by atoms with Gasteiger partial charge in [-0.2, -0.15) is 5.10 Å². The van der Waals surface area contributed by atoms with Crippen molar-refractivity contribution in [1.82, 2.24) is 9.78 Å². The van der Waals surface area contributed by atoms with Gasteiger partial charge < -0.3 is 10.2 Å². The first kappa shape index (κ1) is 17.3. The van der Waals surface area contributed by atoms with Crippen LogP contribution in [0.5, 0.6) is 0 Å². The second-order valence-corrected chi connectivity index (χ2v) is 6.96. The van der Waals surface area contributed by atoms with Gasteiger partial charge in [-0.15, -0.1) is 0 Å². The minimum atomic E-state index is -0.134. The number of aromatic nitrogens is 2. The molecule has 0 saturated carbocycles. The number of hydrogen-bond donors (Lipinski definition) is 1. The summed E-state index contributed by atoms with van der Waals surface area (Å²) in [5.41, 5.74) is 3.71. The number of carbonyl (C=O) groups is 1. The normalized spacial score (nSPS) is 14.1. The van der Waals surface area contributed by atoms with E-state index in [-0.39, 0.29) is 5.91 Å². The second-order valence-electron chi connectivity index (χ2n) is 6.96. The van der Waals surface area contributed by atoms with Crippen LogP contribution in [-0.4, -0.2) is 28.8 Å². The summed E-state index contributed by atoms with van der Waals surface area (Å²) in [7, 11) is 0. The zero-order chi connectivity index (χ0) is 18.5. The van der Waals surface area contributed by atoms with Gasteiger partial charge in [0.15, 0.2) is 0 Å². The van der Waals surface area contributed by atoms with Crippen LogP contribution in [0.25, 0.3) is 0 Å². The minimum absolute atomic E-state index is 0.134. The number of amides is 1. The summed E-state index contributed by atoms with van der Waals surface area (Å²) < 4.78 is 1.79. The molecule has 1 aliphatic heterocycles. The Labute approximate surface area is 159 Å². The van der Waals surface area contributed by atoms with Gasteiger partial charge >= 0.3 is 0 Å². The average molecular weight is 360 g/mol. The number of rotatable bonds is 5. The van der Waals surface area contributed by atoms with Crippen molar-refractivity contribution in [1.29, 1.82) is 0 Å². The molecule has 1 amide bonds. The average Bonchev–Trinajstić information content (AvgIpc) is 3.18. The van der Waals surface area contributed by atoms with Crippen molar-refractivity contribution in [3.05, 3.63) is 78.1 Å². The van der Waals surface area contributed by atoms with Crippen LogP contribution in [0.4, 0.5) is 11.4 Å². The molecule has 1 N–H and O–H groups in total. The summed E-state index contributed by atoms with van der Waals surface area (Å²) in [6, 6.07) is 18.2. The zero-order valence-electron chi connectivity index (χ0n) is 15.3. The predicted octanol–water partition coefficient (Wildman–Crippen LogP) is 4.17. The maximum Gasteiger partial charge on any atom is 0.258 e. The smallest absolute Gasteiger partial charge is 0.258 e. The molecule has 0 bridgehead atoms.